The van der Waals surface area contributed by atoms with Gasteiger partial charge < -0.3 is 10.2 Å². The first kappa shape index (κ1) is 13.3. The van der Waals surface area contributed by atoms with Gasteiger partial charge in [-0.25, -0.2) is 9.97 Å². The zero-order chi connectivity index (χ0) is 13.1. The first-order valence-electron chi connectivity index (χ1n) is 6.88. The molecule has 2 heterocycles. The molecule has 0 saturated carbocycles. The van der Waals surface area contributed by atoms with Gasteiger partial charge in [-0.1, -0.05) is 0 Å². The summed E-state index contributed by atoms with van der Waals surface area (Å²) in [5, 5.41) is 3.37. The Morgan fingerprint density at radius 1 is 1.28 bits per heavy atom. The highest BCUT2D eigenvalue weighted by Crippen LogP contribution is 2.24. The molecule has 1 aromatic rings. The molecule has 0 aliphatic carbocycles. The number of piperidine rings is 1. The summed E-state index contributed by atoms with van der Waals surface area (Å²) in [6.07, 6.45) is 3.76. The van der Waals surface area contributed by atoms with Gasteiger partial charge in [0.1, 0.15) is 0 Å². The Morgan fingerprint density at radius 3 is 2.56 bits per heavy atom. The van der Waals surface area contributed by atoms with E-state index in [4.69, 9.17) is 0 Å². The minimum atomic E-state index is 0.467. The summed E-state index contributed by atoms with van der Waals surface area (Å²) in [5.74, 6) is 0.902. The standard InChI is InChI=1S/C14H24N4/c1-10-9-11(2)17-14(16-10)18-8-6-5-7-13(18)12(3)15-4/h9,12-13,15H,5-8H2,1-4H3. The topological polar surface area (TPSA) is 41.0 Å². The molecule has 0 bridgehead atoms. The van der Waals surface area contributed by atoms with Gasteiger partial charge in [0, 0.05) is 30.0 Å². The van der Waals surface area contributed by atoms with Gasteiger partial charge in [-0.3, -0.25) is 0 Å². The Hall–Kier alpha value is -1.16. The third kappa shape index (κ3) is 2.80. The Balaban J connectivity index is 2.27. The molecule has 0 amide bonds. The monoisotopic (exact) mass is 248 g/mol. The van der Waals surface area contributed by atoms with E-state index in [-0.39, 0.29) is 0 Å². The second kappa shape index (κ2) is 5.65. The van der Waals surface area contributed by atoms with Gasteiger partial charge in [0.2, 0.25) is 5.95 Å². The summed E-state index contributed by atoms with van der Waals surface area (Å²) in [7, 11) is 2.03. The Labute approximate surface area is 110 Å². The third-order valence-corrected chi connectivity index (χ3v) is 3.81. The fraction of sp³-hybridized carbons (Fsp3) is 0.714. The molecule has 2 unspecified atom stereocenters. The van der Waals surface area contributed by atoms with Crippen LogP contribution in [0.4, 0.5) is 5.95 Å². The minimum Gasteiger partial charge on any atom is -0.336 e. The van der Waals surface area contributed by atoms with E-state index in [1.807, 2.05) is 27.0 Å². The lowest BCUT2D eigenvalue weighted by Crippen LogP contribution is -2.51. The van der Waals surface area contributed by atoms with Crippen molar-refractivity contribution in [2.24, 2.45) is 0 Å². The maximum atomic E-state index is 4.61. The third-order valence-electron chi connectivity index (χ3n) is 3.81. The van der Waals surface area contributed by atoms with Crippen molar-refractivity contribution in [1.82, 2.24) is 15.3 Å². The van der Waals surface area contributed by atoms with Crippen LogP contribution in [0.15, 0.2) is 6.07 Å². The fourth-order valence-electron chi connectivity index (χ4n) is 2.75. The van der Waals surface area contributed by atoms with E-state index in [0.29, 0.717) is 12.1 Å². The molecule has 1 aliphatic rings. The van der Waals surface area contributed by atoms with Crippen LogP contribution in [0, 0.1) is 13.8 Å². The van der Waals surface area contributed by atoms with Crippen molar-refractivity contribution in [3.63, 3.8) is 0 Å². The molecular weight excluding hydrogens is 224 g/mol. The summed E-state index contributed by atoms with van der Waals surface area (Å²) >= 11 is 0. The molecule has 1 fully saturated rings. The van der Waals surface area contributed by atoms with Gasteiger partial charge in [0.05, 0.1) is 0 Å². The summed E-state index contributed by atoms with van der Waals surface area (Å²) in [6.45, 7) is 7.39. The number of hydrogen-bond donors (Lipinski definition) is 1. The van der Waals surface area contributed by atoms with E-state index in [2.05, 4.69) is 27.1 Å². The van der Waals surface area contributed by atoms with Gasteiger partial charge in [0.15, 0.2) is 0 Å². The van der Waals surface area contributed by atoms with Crippen LogP contribution in [0.3, 0.4) is 0 Å². The van der Waals surface area contributed by atoms with Gasteiger partial charge in [-0.05, 0) is 53.1 Å². The maximum Gasteiger partial charge on any atom is 0.226 e. The molecular formula is C14H24N4. The molecule has 18 heavy (non-hydrogen) atoms. The van der Waals surface area contributed by atoms with Gasteiger partial charge in [-0.15, -0.1) is 0 Å². The molecule has 1 aromatic heterocycles. The molecule has 4 heteroatoms. The van der Waals surface area contributed by atoms with Crippen LogP contribution in [0.1, 0.15) is 37.6 Å². The maximum absolute atomic E-state index is 4.61. The van der Waals surface area contributed by atoms with E-state index in [0.717, 1.165) is 23.9 Å². The van der Waals surface area contributed by atoms with Crippen LogP contribution in [0.5, 0.6) is 0 Å². The van der Waals surface area contributed by atoms with Crippen LogP contribution < -0.4 is 10.2 Å². The smallest absolute Gasteiger partial charge is 0.226 e. The lowest BCUT2D eigenvalue weighted by molar-refractivity contribution is 0.377. The summed E-state index contributed by atoms with van der Waals surface area (Å²) < 4.78 is 0. The van der Waals surface area contributed by atoms with Crippen LogP contribution in [0.25, 0.3) is 0 Å². The average Bonchev–Trinajstić information content (AvgIpc) is 2.36. The van der Waals surface area contributed by atoms with Gasteiger partial charge in [0.25, 0.3) is 0 Å². The zero-order valence-corrected chi connectivity index (χ0v) is 11.9. The summed E-state index contributed by atoms with van der Waals surface area (Å²) in [5.41, 5.74) is 2.11. The minimum absolute atomic E-state index is 0.467. The molecule has 0 radical (unpaired) electrons. The molecule has 4 nitrogen and oxygen atoms in total. The van der Waals surface area contributed by atoms with Crippen molar-refractivity contribution in [3.8, 4) is 0 Å². The molecule has 0 aromatic carbocycles. The van der Waals surface area contributed by atoms with E-state index in [1.54, 1.807) is 0 Å². The Bertz CT molecular complexity index is 385. The first-order chi connectivity index (χ1) is 8.61. The number of likely N-dealkylation sites (N-methyl/N-ethyl adjacent to an activating group) is 1. The predicted octanol–water partition coefficient (Wildman–Crippen LogP) is 2.06. The summed E-state index contributed by atoms with van der Waals surface area (Å²) in [4.78, 5) is 11.6. The van der Waals surface area contributed by atoms with Crippen LogP contribution in [-0.4, -0.2) is 35.6 Å². The number of aryl methyl sites for hydroxylation is 2. The van der Waals surface area contributed by atoms with Crippen molar-refractivity contribution in [2.75, 3.05) is 18.5 Å². The van der Waals surface area contributed by atoms with E-state index in [1.165, 1.54) is 19.3 Å². The number of hydrogen-bond acceptors (Lipinski definition) is 4. The largest absolute Gasteiger partial charge is 0.336 e. The predicted molar refractivity (Wildman–Crippen MR) is 75.0 cm³/mol. The quantitative estimate of drug-likeness (QED) is 0.889. The van der Waals surface area contributed by atoms with E-state index >= 15 is 0 Å². The van der Waals surface area contributed by atoms with Crippen molar-refractivity contribution >= 4 is 5.95 Å². The molecule has 1 N–H and O–H groups in total. The Kier molecular flexibility index (Phi) is 4.17. The fourth-order valence-corrected chi connectivity index (χ4v) is 2.75. The molecule has 0 spiro atoms. The zero-order valence-electron chi connectivity index (χ0n) is 11.9. The molecule has 1 aliphatic heterocycles. The number of aromatic nitrogens is 2. The van der Waals surface area contributed by atoms with Crippen LogP contribution in [-0.2, 0) is 0 Å². The highest BCUT2D eigenvalue weighted by Gasteiger charge is 2.28. The molecule has 2 atom stereocenters. The second-order valence-corrected chi connectivity index (χ2v) is 5.28. The van der Waals surface area contributed by atoms with Gasteiger partial charge in [-0.2, -0.15) is 0 Å². The first-order valence-corrected chi connectivity index (χ1v) is 6.88. The molecule has 1 saturated heterocycles. The highest BCUT2D eigenvalue weighted by atomic mass is 15.3. The molecule has 100 valence electrons. The van der Waals surface area contributed by atoms with Crippen LogP contribution in [0.2, 0.25) is 0 Å². The number of nitrogens with one attached hydrogen (secondary N) is 1. The highest BCUT2D eigenvalue weighted by molar-refractivity contribution is 5.35. The van der Waals surface area contributed by atoms with Crippen molar-refractivity contribution in [2.45, 2.75) is 52.1 Å². The van der Waals surface area contributed by atoms with Crippen molar-refractivity contribution in [1.29, 1.82) is 0 Å². The van der Waals surface area contributed by atoms with Crippen LogP contribution >= 0.6 is 0 Å². The lowest BCUT2D eigenvalue weighted by Gasteiger charge is -2.39. The Morgan fingerprint density at radius 2 is 1.94 bits per heavy atom. The number of rotatable bonds is 3. The summed E-state index contributed by atoms with van der Waals surface area (Å²) in [6, 6.07) is 3.00. The van der Waals surface area contributed by atoms with Crippen molar-refractivity contribution < 1.29 is 0 Å². The lowest BCUT2D eigenvalue weighted by atomic mass is 9.97. The van der Waals surface area contributed by atoms with Gasteiger partial charge >= 0.3 is 0 Å². The number of anilines is 1. The van der Waals surface area contributed by atoms with E-state index < -0.39 is 0 Å². The normalized spacial score (nSPS) is 22.0. The molecule has 2 rings (SSSR count). The SMILES string of the molecule is CNC(C)C1CCCCN1c1nc(C)cc(C)n1. The van der Waals surface area contributed by atoms with E-state index in [9.17, 15) is 0 Å². The second-order valence-electron chi connectivity index (χ2n) is 5.28. The average molecular weight is 248 g/mol. The van der Waals surface area contributed by atoms with Crippen molar-refractivity contribution in [3.05, 3.63) is 17.5 Å². The number of nitrogens with zero attached hydrogens (tertiary/aromatic N) is 3.